The Bertz CT molecular complexity index is 916. The standard InChI is InChI=1S/C21H22FN3O4/c1-3-12-29-18-7-5-4-6-17(18)23-19(26)13-24-20(27)14(2)25(21(24)28)16-10-8-15(22)9-11-16/h4-11,14H,3,12-13H2,1-2H3,(H,23,26). The summed E-state index contributed by atoms with van der Waals surface area (Å²) in [5.74, 6) is -0.944. The Morgan fingerprint density at radius 3 is 2.52 bits per heavy atom. The summed E-state index contributed by atoms with van der Waals surface area (Å²) in [6.07, 6.45) is 0.816. The highest BCUT2D eigenvalue weighted by Gasteiger charge is 2.44. The summed E-state index contributed by atoms with van der Waals surface area (Å²) in [5.41, 5.74) is 0.854. The van der Waals surface area contributed by atoms with Crippen LogP contribution in [0.15, 0.2) is 48.5 Å². The summed E-state index contributed by atoms with van der Waals surface area (Å²) < 4.78 is 18.8. The van der Waals surface area contributed by atoms with Crippen LogP contribution >= 0.6 is 0 Å². The van der Waals surface area contributed by atoms with Crippen LogP contribution in [0.25, 0.3) is 0 Å². The number of halogens is 1. The first-order chi connectivity index (χ1) is 13.9. The lowest BCUT2D eigenvalue weighted by Gasteiger charge is -2.19. The van der Waals surface area contributed by atoms with Crippen molar-refractivity contribution >= 4 is 29.2 Å². The quantitative estimate of drug-likeness (QED) is 0.724. The molecule has 0 aliphatic carbocycles. The molecule has 2 aromatic carbocycles. The molecule has 8 heteroatoms. The minimum Gasteiger partial charge on any atom is -0.491 e. The molecule has 29 heavy (non-hydrogen) atoms. The summed E-state index contributed by atoms with van der Waals surface area (Å²) in [4.78, 5) is 39.9. The first-order valence-corrected chi connectivity index (χ1v) is 9.34. The number of hydrogen-bond acceptors (Lipinski definition) is 4. The maximum atomic E-state index is 13.2. The average molecular weight is 399 g/mol. The van der Waals surface area contributed by atoms with Crippen LogP contribution < -0.4 is 15.0 Å². The molecule has 1 atom stereocenters. The Morgan fingerprint density at radius 1 is 1.14 bits per heavy atom. The molecule has 2 aromatic rings. The van der Waals surface area contributed by atoms with Crippen LogP contribution in [0.4, 0.5) is 20.6 Å². The number of hydrogen-bond donors (Lipinski definition) is 1. The predicted octanol–water partition coefficient (Wildman–Crippen LogP) is 3.41. The Morgan fingerprint density at radius 2 is 1.83 bits per heavy atom. The second-order valence-electron chi connectivity index (χ2n) is 6.62. The molecule has 0 radical (unpaired) electrons. The highest BCUT2D eigenvalue weighted by molar-refractivity contribution is 6.16. The Balaban J connectivity index is 1.71. The molecule has 1 heterocycles. The molecule has 0 aromatic heterocycles. The second-order valence-corrected chi connectivity index (χ2v) is 6.62. The van der Waals surface area contributed by atoms with E-state index in [9.17, 15) is 18.8 Å². The van der Waals surface area contributed by atoms with E-state index in [1.54, 1.807) is 31.2 Å². The maximum Gasteiger partial charge on any atom is 0.332 e. The van der Waals surface area contributed by atoms with Gasteiger partial charge in [-0.15, -0.1) is 0 Å². The van der Waals surface area contributed by atoms with Crippen molar-refractivity contribution in [3.05, 3.63) is 54.3 Å². The zero-order valence-corrected chi connectivity index (χ0v) is 16.2. The summed E-state index contributed by atoms with van der Waals surface area (Å²) in [5, 5.41) is 2.69. The van der Waals surface area contributed by atoms with E-state index in [2.05, 4.69) is 5.32 Å². The van der Waals surface area contributed by atoms with Gasteiger partial charge in [-0.25, -0.2) is 9.18 Å². The summed E-state index contributed by atoms with van der Waals surface area (Å²) >= 11 is 0. The molecule has 0 spiro atoms. The number of urea groups is 1. The molecular formula is C21H22FN3O4. The van der Waals surface area contributed by atoms with E-state index < -0.39 is 36.2 Å². The second kappa shape index (κ2) is 8.72. The van der Waals surface area contributed by atoms with Gasteiger partial charge in [0.2, 0.25) is 5.91 Å². The monoisotopic (exact) mass is 399 g/mol. The predicted molar refractivity (Wildman–Crippen MR) is 106 cm³/mol. The number of carbonyl (C=O) groups is 3. The molecule has 0 saturated carbocycles. The molecule has 1 aliphatic rings. The summed E-state index contributed by atoms with van der Waals surface area (Å²) in [6.45, 7) is 3.61. The number of anilines is 2. The van der Waals surface area contributed by atoms with Gasteiger partial charge < -0.3 is 10.1 Å². The van der Waals surface area contributed by atoms with Crippen LogP contribution in [-0.2, 0) is 9.59 Å². The van der Waals surface area contributed by atoms with Gasteiger partial charge in [0.25, 0.3) is 5.91 Å². The van der Waals surface area contributed by atoms with Gasteiger partial charge >= 0.3 is 6.03 Å². The zero-order valence-electron chi connectivity index (χ0n) is 16.2. The lowest BCUT2D eigenvalue weighted by atomic mass is 10.2. The highest BCUT2D eigenvalue weighted by Crippen LogP contribution is 2.27. The van der Waals surface area contributed by atoms with E-state index in [-0.39, 0.29) is 0 Å². The number of carbonyl (C=O) groups excluding carboxylic acids is 3. The van der Waals surface area contributed by atoms with Crippen molar-refractivity contribution < 1.29 is 23.5 Å². The minimum absolute atomic E-state index is 0.387. The van der Waals surface area contributed by atoms with Crippen LogP contribution in [0.2, 0.25) is 0 Å². The Kier molecular flexibility index (Phi) is 6.11. The van der Waals surface area contributed by atoms with Gasteiger partial charge in [-0.05, 0) is 49.7 Å². The van der Waals surface area contributed by atoms with E-state index in [1.807, 2.05) is 6.92 Å². The number of nitrogens with one attached hydrogen (secondary N) is 1. The summed E-state index contributed by atoms with van der Waals surface area (Å²) in [7, 11) is 0. The third kappa shape index (κ3) is 4.37. The van der Waals surface area contributed by atoms with E-state index >= 15 is 0 Å². The number of benzene rings is 2. The topological polar surface area (TPSA) is 79.0 Å². The van der Waals surface area contributed by atoms with Crippen LogP contribution in [0.3, 0.4) is 0 Å². The molecule has 3 rings (SSSR count). The molecule has 1 unspecified atom stereocenters. The van der Waals surface area contributed by atoms with E-state index in [1.165, 1.54) is 29.2 Å². The first-order valence-electron chi connectivity index (χ1n) is 9.34. The van der Waals surface area contributed by atoms with E-state index in [0.29, 0.717) is 23.7 Å². The van der Waals surface area contributed by atoms with Crippen molar-refractivity contribution in [2.45, 2.75) is 26.3 Å². The fraction of sp³-hybridized carbons (Fsp3) is 0.286. The fourth-order valence-electron chi connectivity index (χ4n) is 3.05. The van der Waals surface area contributed by atoms with Crippen molar-refractivity contribution in [3.8, 4) is 5.75 Å². The Labute approximate surface area is 168 Å². The number of ether oxygens (including phenoxy) is 1. The van der Waals surface area contributed by atoms with Gasteiger partial charge in [-0.1, -0.05) is 19.1 Å². The molecular weight excluding hydrogens is 377 g/mol. The highest BCUT2D eigenvalue weighted by atomic mass is 19.1. The number of rotatable bonds is 7. The lowest BCUT2D eigenvalue weighted by Crippen LogP contribution is -2.39. The van der Waals surface area contributed by atoms with E-state index in [0.717, 1.165) is 11.3 Å². The lowest BCUT2D eigenvalue weighted by molar-refractivity contribution is -0.130. The first kappa shape index (κ1) is 20.3. The van der Waals surface area contributed by atoms with Gasteiger partial charge in [-0.2, -0.15) is 0 Å². The molecule has 4 amide bonds. The fourth-order valence-corrected chi connectivity index (χ4v) is 3.05. The number of imide groups is 1. The number of para-hydroxylation sites is 2. The van der Waals surface area contributed by atoms with Gasteiger partial charge in [0.15, 0.2) is 0 Å². The van der Waals surface area contributed by atoms with E-state index in [4.69, 9.17) is 4.74 Å². The smallest absolute Gasteiger partial charge is 0.332 e. The maximum absolute atomic E-state index is 13.2. The zero-order chi connectivity index (χ0) is 21.0. The van der Waals surface area contributed by atoms with Gasteiger partial charge in [-0.3, -0.25) is 19.4 Å². The third-order valence-electron chi connectivity index (χ3n) is 4.48. The minimum atomic E-state index is -0.791. The van der Waals surface area contributed by atoms with Crippen LogP contribution in [0.1, 0.15) is 20.3 Å². The van der Waals surface area contributed by atoms with Crippen molar-refractivity contribution in [2.24, 2.45) is 0 Å². The van der Waals surface area contributed by atoms with Gasteiger partial charge in [0, 0.05) is 5.69 Å². The molecule has 1 aliphatic heterocycles. The van der Waals surface area contributed by atoms with Crippen molar-refractivity contribution in [1.82, 2.24) is 4.90 Å². The average Bonchev–Trinajstić information content (AvgIpc) is 2.91. The summed E-state index contributed by atoms with van der Waals surface area (Å²) in [6, 6.07) is 10.8. The van der Waals surface area contributed by atoms with Gasteiger partial charge in [0.05, 0.1) is 12.3 Å². The molecule has 0 bridgehead atoms. The molecule has 152 valence electrons. The van der Waals surface area contributed by atoms with Crippen LogP contribution in [0, 0.1) is 5.82 Å². The Hall–Kier alpha value is -3.42. The molecule has 1 N–H and O–H groups in total. The molecule has 1 saturated heterocycles. The van der Waals surface area contributed by atoms with Crippen molar-refractivity contribution in [1.29, 1.82) is 0 Å². The molecule has 7 nitrogen and oxygen atoms in total. The number of nitrogens with zero attached hydrogens (tertiary/aromatic N) is 2. The van der Waals surface area contributed by atoms with Crippen molar-refractivity contribution in [2.75, 3.05) is 23.4 Å². The van der Waals surface area contributed by atoms with Gasteiger partial charge in [0.1, 0.15) is 24.2 Å². The largest absolute Gasteiger partial charge is 0.491 e. The van der Waals surface area contributed by atoms with Crippen LogP contribution in [0.5, 0.6) is 5.75 Å². The molecule has 1 fully saturated rings. The van der Waals surface area contributed by atoms with Crippen molar-refractivity contribution in [3.63, 3.8) is 0 Å². The normalized spacial score (nSPS) is 16.3. The third-order valence-corrected chi connectivity index (χ3v) is 4.48. The van der Waals surface area contributed by atoms with Crippen LogP contribution in [-0.4, -0.2) is 41.9 Å². The number of amides is 4. The SMILES string of the molecule is CCCOc1ccccc1NC(=O)CN1C(=O)C(C)N(c2ccc(F)cc2)C1=O.